The van der Waals surface area contributed by atoms with Crippen LogP contribution < -0.4 is 5.56 Å². The lowest BCUT2D eigenvalue weighted by molar-refractivity contribution is 0.0571. The average molecular weight is 306 g/mol. The van der Waals surface area contributed by atoms with Crippen LogP contribution in [0.1, 0.15) is 25.6 Å². The molecule has 0 spiro atoms. The lowest BCUT2D eigenvalue weighted by Crippen LogP contribution is -2.30. The van der Waals surface area contributed by atoms with Crippen molar-refractivity contribution in [2.24, 2.45) is 5.16 Å². The van der Waals surface area contributed by atoms with Gasteiger partial charge in [-0.25, -0.2) is 4.98 Å². The molecule has 0 aliphatic carbocycles. The first-order chi connectivity index (χ1) is 10.2. The summed E-state index contributed by atoms with van der Waals surface area (Å²) in [4.78, 5) is 26.7. The Balaban J connectivity index is 1.64. The molecule has 1 aliphatic heterocycles. The first-order valence-electron chi connectivity index (χ1n) is 7.02. The van der Waals surface area contributed by atoms with Crippen LogP contribution in [0.25, 0.3) is 10.2 Å². The first-order valence-corrected chi connectivity index (χ1v) is 7.90. The van der Waals surface area contributed by atoms with Gasteiger partial charge in [0.15, 0.2) is 0 Å². The fourth-order valence-corrected chi connectivity index (χ4v) is 3.18. The number of nitrogens with one attached hydrogen (secondary N) is 1. The third-order valence-corrected chi connectivity index (χ3v) is 4.40. The first kappa shape index (κ1) is 14.2. The van der Waals surface area contributed by atoms with Crippen molar-refractivity contribution in [1.29, 1.82) is 0 Å². The van der Waals surface area contributed by atoms with Crippen LogP contribution in [0.3, 0.4) is 0 Å². The highest BCUT2D eigenvalue weighted by Crippen LogP contribution is 2.16. The van der Waals surface area contributed by atoms with E-state index >= 15 is 0 Å². The van der Waals surface area contributed by atoms with Gasteiger partial charge in [-0.05, 0) is 24.9 Å². The van der Waals surface area contributed by atoms with Crippen molar-refractivity contribution in [2.75, 3.05) is 13.6 Å². The predicted molar refractivity (Wildman–Crippen MR) is 83.8 cm³/mol. The zero-order valence-electron chi connectivity index (χ0n) is 12.1. The van der Waals surface area contributed by atoms with Crippen molar-refractivity contribution in [2.45, 2.75) is 32.4 Å². The monoisotopic (exact) mass is 306 g/mol. The summed E-state index contributed by atoms with van der Waals surface area (Å²) >= 11 is 1.42. The minimum atomic E-state index is -0.0629. The second kappa shape index (κ2) is 5.95. The summed E-state index contributed by atoms with van der Waals surface area (Å²) in [6.45, 7) is 3.43. The second-order valence-corrected chi connectivity index (χ2v) is 6.20. The number of nitrogens with zero attached hydrogens (tertiary/aromatic N) is 3. The Labute approximate surface area is 126 Å². The van der Waals surface area contributed by atoms with E-state index in [2.05, 4.69) is 26.9 Å². The Morgan fingerprint density at radius 2 is 2.43 bits per heavy atom. The number of hydrogen-bond donors (Lipinski definition) is 1. The third-order valence-electron chi connectivity index (χ3n) is 3.50. The van der Waals surface area contributed by atoms with Gasteiger partial charge in [0.1, 0.15) is 16.6 Å². The zero-order chi connectivity index (χ0) is 14.8. The molecule has 2 aromatic heterocycles. The summed E-state index contributed by atoms with van der Waals surface area (Å²) in [6, 6.07) is 1.88. The van der Waals surface area contributed by atoms with Gasteiger partial charge in [0.25, 0.3) is 5.56 Å². The molecule has 1 aliphatic rings. The fraction of sp³-hybridized carbons (Fsp3) is 0.500. The van der Waals surface area contributed by atoms with Gasteiger partial charge in [0.2, 0.25) is 0 Å². The third kappa shape index (κ3) is 3.14. The van der Waals surface area contributed by atoms with E-state index in [0.29, 0.717) is 17.1 Å². The van der Waals surface area contributed by atoms with Crippen LogP contribution in [0, 0.1) is 0 Å². The normalized spacial score (nSPS) is 18.2. The van der Waals surface area contributed by atoms with Gasteiger partial charge < -0.3 is 9.82 Å². The average Bonchev–Trinajstić information content (AvgIpc) is 3.07. The van der Waals surface area contributed by atoms with Crippen molar-refractivity contribution in [3.63, 3.8) is 0 Å². The maximum absolute atomic E-state index is 11.9. The van der Waals surface area contributed by atoms with E-state index in [1.807, 2.05) is 18.5 Å². The SMILES string of the molecule is CCC1=NO[C@H](CN(C)Cc2nc3ccsc3c(=O)[nH]2)C1. The molecule has 7 heteroatoms. The molecular weight excluding hydrogens is 288 g/mol. The fourth-order valence-electron chi connectivity index (χ4n) is 2.46. The van der Waals surface area contributed by atoms with Gasteiger partial charge in [-0.2, -0.15) is 0 Å². The van der Waals surface area contributed by atoms with E-state index in [4.69, 9.17) is 4.84 Å². The number of aromatic nitrogens is 2. The van der Waals surface area contributed by atoms with Crippen molar-refractivity contribution in [3.8, 4) is 0 Å². The molecule has 0 saturated heterocycles. The van der Waals surface area contributed by atoms with E-state index in [1.165, 1.54) is 11.3 Å². The zero-order valence-corrected chi connectivity index (χ0v) is 12.9. The molecule has 2 aromatic rings. The predicted octanol–water partition coefficient (Wildman–Crippen LogP) is 1.97. The molecule has 0 aromatic carbocycles. The quantitative estimate of drug-likeness (QED) is 0.917. The van der Waals surface area contributed by atoms with E-state index in [1.54, 1.807) is 0 Å². The van der Waals surface area contributed by atoms with Crippen molar-refractivity contribution >= 4 is 27.3 Å². The summed E-state index contributed by atoms with van der Waals surface area (Å²) in [5.41, 5.74) is 1.81. The summed E-state index contributed by atoms with van der Waals surface area (Å²) in [7, 11) is 1.99. The van der Waals surface area contributed by atoms with Crippen molar-refractivity contribution < 1.29 is 4.84 Å². The summed E-state index contributed by atoms with van der Waals surface area (Å²) in [5.74, 6) is 0.683. The summed E-state index contributed by atoms with van der Waals surface area (Å²) in [5, 5.41) is 5.95. The highest BCUT2D eigenvalue weighted by Gasteiger charge is 2.21. The number of likely N-dealkylation sites (N-methyl/N-ethyl adjacent to an activating group) is 1. The van der Waals surface area contributed by atoms with Crippen LogP contribution in [0.5, 0.6) is 0 Å². The van der Waals surface area contributed by atoms with E-state index in [-0.39, 0.29) is 11.7 Å². The van der Waals surface area contributed by atoms with Crippen LogP contribution in [0.15, 0.2) is 21.4 Å². The second-order valence-electron chi connectivity index (χ2n) is 5.29. The molecule has 3 rings (SSSR count). The minimum Gasteiger partial charge on any atom is -0.391 e. The Morgan fingerprint density at radius 1 is 1.57 bits per heavy atom. The molecule has 1 atom stereocenters. The van der Waals surface area contributed by atoms with Crippen molar-refractivity contribution in [3.05, 3.63) is 27.6 Å². The number of aromatic amines is 1. The number of oxime groups is 1. The van der Waals surface area contributed by atoms with E-state index in [0.717, 1.165) is 30.6 Å². The molecule has 3 heterocycles. The highest BCUT2D eigenvalue weighted by molar-refractivity contribution is 7.17. The summed E-state index contributed by atoms with van der Waals surface area (Å²) in [6.07, 6.45) is 1.92. The van der Waals surface area contributed by atoms with Crippen LogP contribution in [-0.2, 0) is 11.4 Å². The van der Waals surface area contributed by atoms with Crippen LogP contribution >= 0.6 is 11.3 Å². The molecule has 0 unspecified atom stereocenters. The number of H-pyrrole nitrogens is 1. The van der Waals surface area contributed by atoms with Gasteiger partial charge in [-0.15, -0.1) is 11.3 Å². The Kier molecular flexibility index (Phi) is 4.03. The lowest BCUT2D eigenvalue weighted by Gasteiger charge is -2.18. The number of rotatable bonds is 5. The van der Waals surface area contributed by atoms with Crippen LogP contribution in [-0.4, -0.2) is 40.3 Å². The van der Waals surface area contributed by atoms with Gasteiger partial charge in [0.05, 0.1) is 17.8 Å². The molecule has 1 N–H and O–H groups in total. The Hall–Kier alpha value is -1.73. The highest BCUT2D eigenvalue weighted by atomic mass is 32.1. The lowest BCUT2D eigenvalue weighted by atomic mass is 10.1. The van der Waals surface area contributed by atoms with E-state index in [9.17, 15) is 4.79 Å². The molecule has 0 amide bonds. The standard InChI is InChI=1S/C14H18N4O2S/c1-3-9-6-10(20-17-9)7-18(2)8-12-15-11-4-5-21-13(11)14(19)16-12/h4-5,10H,3,6-8H2,1-2H3,(H,15,16,19)/t10-/m0/s1. The molecule has 0 saturated carbocycles. The molecule has 0 radical (unpaired) electrons. The number of fused-ring (bicyclic) bond motifs is 1. The van der Waals surface area contributed by atoms with Gasteiger partial charge >= 0.3 is 0 Å². The topological polar surface area (TPSA) is 70.6 Å². The number of thiophene rings is 1. The van der Waals surface area contributed by atoms with E-state index < -0.39 is 0 Å². The van der Waals surface area contributed by atoms with Crippen LogP contribution in [0.4, 0.5) is 0 Å². The summed E-state index contributed by atoms with van der Waals surface area (Å²) < 4.78 is 0.682. The Bertz CT molecular complexity index is 721. The molecule has 112 valence electrons. The smallest absolute Gasteiger partial charge is 0.268 e. The minimum absolute atomic E-state index is 0.0629. The molecule has 0 bridgehead atoms. The van der Waals surface area contributed by atoms with Crippen LogP contribution in [0.2, 0.25) is 0 Å². The maximum Gasteiger partial charge on any atom is 0.268 e. The molecule has 21 heavy (non-hydrogen) atoms. The molecule has 6 nitrogen and oxygen atoms in total. The molecular formula is C14H18N4O2S. The number of hydrogen-bond acceptors (Lipinski definition) is 6. The van der Waals surface area contributed by atoms with Crippen molar-refractivity contribution in [1.82, 2.24) is 14.9 Å². The van der Waals surface area contributed by atoms with Gasteiger partial charge in [0, 0.05) is 13.0 Å². The molecule has 0 fully saturated rings. The maximum atomic E-state index is 11.9. The van der Waals surface area contributed by atoms with Gasteiger partial charge in [-0.1, -0.05) is 12.1 Å². The largest absolute Gasteiger partial charge is 0.391 e. The Morgan fingerprint density at radius 3 is 3.19 bits per heavy atom. The van der Waals surface area contributed by atoms with Gasteiger partial charge in [-0.3, -0.25) is 9.69 Å².